The molecule has 4 aromatic heterocycles. The number of carbonyl (C=O) groups is 2. The lowest BCUT2D eigenvalue weighted by Crippen LogP contribution is -2.33. The monoisotopic (exact) mass is 436 g/mol. The molecule has 0 fully saturated rings. The van der Waals surface area contributed by atoms with Crippen LogP contribution in [0.2, 0.25) is 0 Å². The van der Waals surface area contributed by atoms with E-state index in [9.17, 15) is 9.59 Å². The minimum Gasteiger partial charge on any atom is -0.443 e. The zero-order valence-electron chi connectivity index (χ0n) is 18.0. The molecule has 0 radical (unpaired) electrons. The highest BCUT2D eigenvalue weighted by Crippen LogP contribution is 2.31. The number of amides is 2. The number of anilines is 1. The predicted molar refractivity (Wildman–Crippen MR) is 120 cm³/mol. The summed E-state index contributed by atoms with van der Waals surface area (Å²) in [6.07, 6.45) is 1.19. The van der Waals surface area contributed by atoms with Crippen LogP contribution in [0.25, 0.3) is 33.5 Å². The minimum atomic E-state index is -0.574. The van der Waals surface area contributed by atoms with Gasteiger partial charge in [-0.3, -0.25) is 4.79 Å². The van der Waals surface area contributed by atoms with Gasteiger partial charge in [-0.05, 0) is 18.2 Å². The molecule has 0 aliphatic rings. The van der Waals surface area contributed by atoms with Crippen LogP contribution < -0.4 is 16.0 Å². The molecule has 4 heterocycles. The van der Waals surface area contributed by atoms with Gasteiger partial charge < -0.3 is 30.2 Å². The van der Waals surface area contributed by atoms with Crippen molar-refractivity contribution >= 4 is 39.9 Å². The van der Waals surface area contributed by atoms with Gasteiger partial charge in [0.05, 0.1) is 28.9 Å². The molecule has 0 unspecified atom stereocenters. The first-order chi connectivity index (χ1) is 15.5. The fourth-order valence-electron chi connectivity index (χ4n) is 3.41. The molecule has 166 valence electrons. The maximum absolute atomic E-state index is 11.8. The molecule has 0 aromatic carbocycles. The number of aromatic nitrogens is 5. The molecule has 0 saturated heterocycles. The van der Waals surface area contributed by atoms with Gasteiger partial charge in [-0.2, -0.15) is 0 Å². The third-order valence-electron chi connectivity index (χ3n) is 4.88. The smallest absolute Gasteiger partial charge is 0.407 e. The van der Waals surface area contributed by atoms with Crippen LogP contribution in [0.3, 0.4) is 0 Å². The van der Waals surface area contributed by atoms with E-state index in [1.165, 1.54) is 6.92 Å². The Bertz CT molecular complexity index is 1290. The number of alkyl carbamates (subject to hydrolysis) is 1. The van der Waals surface area contributed by atoms with Crippen LogP contribution in [0.1, 0.15) is 12.6 Å². The SMILES string of the molecule is CNc1nc2[nH]c(-c3cccc(COC(=O)NCCNC(C)=O)n3)cc2c2c1ncn2C. The quantitative estimate of drug-likeness (QED) is 0.325. The van der Waals surface area contributed by atoms with E-state index in [-0.39, 0.29) is 19.1 Å². The van der Waals surface area contributed by atoms with E-state index in [1.807, 2.05) is 36.9 Å². The normalized spacial score (nSPS) is 11.0. The number of aryl methyl sites for hydroxylation is 1. The van der Waals surface area contributed by atoms with Crippen molar-refractivity contribution in [2.24, 2.45) is 7.05 Å². The predicted octanol–water partition coefficient (Wildman–Crippen LogP) is 1.92. The van der Waals surface area contributed by atoms with Crippen LogP contribution in [-0.4, -0.2) is 56.6 Å². The Balaban J connectivity index is 1.51. The Morgan fingerprint density at radius 3 is 2.78 bits per heavy atom. The number of nitrogens with zero attached hydrogens (tertiary/aromatic N) is 4. The molecule has 4 aromatic rings. The van der Waals surface area contributed by atoms with Gasteiger partial charge in [0.25, 0.3) is 0 Å². The highest BCUT2D eigenvalue weighted by molar-refractivity contribution is 6.07. The van der Waals surface area contributed by atoms with Gasteiger partial charge in [-0.1, -0.05) is 6.07 Å². The van der Waals surface area contributed by atoms with Crippen LogP contribution in [0.5, 0.6) is 0 Å². The number of H-pyrrole nitrogens is 1. The Morgan fingerprint density at radius 2 is 2.00 bits per heavy atom. The van der Waals surface area contributed by atoms with E-state index in [4.69, 9.17) is 4.74 Å². The van der Waals surface area contributed by atoms with Crippen LogP contribution in [-0.2, 0) is 23.2 Å². The van der Waals surface area contributed by atoms with Crippen LogP contribution in [0.15, 0.2) is 30.6 Å². The second-order valence-electron chi connectivity index (χ2n) is 7.21. The highest BCUT2D eigenvalue weighted by atomic mass is 16.5. The molecule has 4 N–H and O–H groups in total. The third kappa shape index (κ3) is 4.31. The number of aromatic amines is 1. The van der Waals surface area contributed by atoms with E-state index in [1.54, 1.807) is 12.4 Å². The Labute approximate surface area is 183 Å². The topological polar surface area (TPSA) is 139 Å². The first-order valence-corrected chi connectivity index (χ1v) is 10.1. The zero-order valence-corrected chi connectivity index (χ0v) is 18.0. The van der Waals surface area contributed by atoms with Gasteiger partial charge in [0.1, 0.15) is 17.8 Å². The van der Waals surface area contributed by atoms with Crippen LogP contribution >= 0.6 is 0 Å². The molecule has 0 spiro atoms. The summed E-state index contributed by atoms with van der Waals surface area (Å²) in [5, 5.41) is 9.19. The van der Waals surface area contributed by atoms with E-state index in [0.717, 1.165) is 27.8 Å². The number of fused-ring (bicyclic) bond motifs is 3. The summed E-state index contributed by atoms with van der Waals surface area (Å²) in [4.78, 5) is 39.7. The standard InChI is InChI=1S/C21H24N8O3/c1-12(30)23-7-8-24-21(31)32-10-13-5-4-6-15(26-13)16-9-14-18-17(25-11-29(18)3)20(22-2)28-19(14)27-16/h4-6,9,11H,7-8,10H2,1-3H3,(H,23,30)(H,24,31)(H2,22,27,28). The summed E-state index contributed by atoms with van der Waals surface area (Å²) in [7, 11) is 3.76. The maximum atomic E-state index is 11.8. The third-order valence-corrected chi connectivity index (χ3v) is 4.88. The summed E-state index contributed by atoms with van der Waals surface area (Å²) in [6, 6.07) is 7.51. The lowest BCUT2D eigenvalue weighted by Gasteiger charge is -2.07. The van der Waals surface area contributed by atoms with Crippen molar-refractivity contribution in [3.8, 4) is 11.4 Å². The Hall–Kier alpha value is -4.15. The van der Waals surface area contributed by atoms with Gasteiger partial charge in [-0.25, -0.2) is 19.7 Å². The van der Waals surface area contributed by atoms with Gasteiger partial charge in [0.15, 0.2) is 5.82 Å². The van der Waals surface area contributed by atoms with Crippen molar-refractivity contribution in [2.75, 3.05) is 25.5 Å². The first kappa shape index (κ1) is 21.1. The summed E-state index contributed by atoms with van der Waals surface area (Å²) >= 11 is 0. The van der Waals surface area contributed by atoms with Crippen molar-refractivity contribution in [3.05, 3.63) is 36.3 Å². The fraction of sp³-hybridized carbons (Fsp3) is 0.286. The number of pyridine rings is 2. The minimum absolute atomic E-state index is 0.0220. The van der Waals surface area contributed by atoms with Crippen molar-refractivity contribution < 1.29 is 14.3 Å². The number of ether oxygens (including phenoxy) is 1. The molecule has 2 amide bonds. The molecule has 0 aliphatic carbocycles. The largest absolute Gasteiger partial charge is 0.443 e. The molecule has 0 bridgehead atoms. The number of hydrogen-bond donors (Lipinski definition) is 4. The van der Waals surface area contributed by atoms with Gasteiger partial charge in [-0.15, -0.1) is 0 Å². The number of hydrogen-bond acceptors (Lipinski definition) is 7. The van der Waals surface area contributed by atoms with Gasteiger partial charge >= 0.3 is 6.09 Å². The van der Waals surface area contributed by atoms with Crippen LogP contribution in [0.4, 0.5) is 10.6 Å². The lowest BCUT2D eigenvalue weighted by atomic mass is 10.2. The summed E-state index contributed by atoms with van der Waals surface area (Å²) in [5.74, 6) is 0.542. The second-order valence-corrected chi connectivity index (χ2v) is 7.21. The number of rotatable bonds is 7. The number of nitrogens with one attached hydrogen (secondary N) is 4. The first-order valence-electron chi connectivity index (χ1n) is 10.1. The fourth-order valence-corrected chi connectivity index (χ4v) is 3.41. The molecule has 32 heavy (non-hydrogen) atoms. The zero-order chi connectivity index (χ0) is 22.7. The van der Waals surface area contributed by atoms with Crippen molar-refractivity contribution in [1.82, 2.24) is 35.1 Å². The van der Waals surface area contributed by atoms with Gasteiger partial charge in [0, 0.05) is 39.5 Å². The summed E-state index contributed by atoms with van der Waals surface area (Å²) < 4.78 is 7.17. The maximum Gasteiger partial charge on any atom is 0.407 e. The van der Waals surface area contributed by atoms with E-state index < -0.39 is 6.09 Å². The molecule has 0 atom stereocenters. The summed E-state index contributed by atoms with van der Waals surface area (Å²) in [5.41, 5.74) is 4.60. The van der Waals surface area contributed by atoms with Crippen molar-refractivity contribution in [2.45, 2.75) is 13.5 Å². The van der Waals surface area contributed by atoms with E-state index in [2.05, 4.69) is 35.9 Å². The Kier molecular flexibility index (Phi) is 5.88. The second kappa shape index (κ2) is 8.92. The molecular formula is C21H24N8O3. The lowest BCUT2D eigenvalue weighted by molar-refractivity contribution is -0.118. The van der Waals surface area contributed by atoms with E-state index >= 15 is 0 Å². The van der Waals surface area contributed by atoms with Gasteiger partial charge in [0.2, 0.25) is 5.91 Å². The molecule has 0 aliphatic heterocycles. The summed E-state index contributed by atoms with van der Waals surface area (Å²) in [6.45, 7) is 2.06. The average molecular weight is 436 g/mol. The molecule has 11 nitrogen and oxygen atoms in total. The molecule has 11 heteroatoms. The highest BCUT2D eigenvalue weighted by Gasteiger charge is 2.15. The number of carbonyl (C=O) groups excluding carboxylic acids is 2. The van der Waals surface area contributed by atoms with Crippen LogP contribution in [0, 0.1) is 0 Å². The Morgan fingerprint density at radius 1 is 1.19 bits per heavy atom. The molecular weight excluding hydrogens is 412 g/mol. The molecule has 4 rings (SSSR count). The van der Waals surface area contributed by atoms with E-state index in [0.29, 0.717) is 23.8 Å². The van der Waals surface area contributed by atoms with Crippen molar-refractivity contribution in [1.29, 1.82) is 0 Å². The molecule has 0 saturated carbocycles. The number of imidazole rings is 1. The average Bonchev–Trinajstić information content (AvgIpc) is 3.38. The van der Waals surface area contributed by atoms with Crippen molar-refractivity contribution in [3.63, 3.8) is 0 Å².